The molecule has 0 saturated carbocycles. The second-order valence-corrected chi connectivity index (χ2v) is 4.47. The van der Waals surface area contributed by atoms with Crippen molar-refractivity contribution in [1.29, 1.82) is 0 Å². The standard InChI is InChI=1S/C14H14N4O2/c1-10-15-7-12(14(19)20-2)18(10)9-11-8-17-6-4-3-5-13(17)16-11/h3-8H,9H2,1-2H3. The average Bonchev–Trinajstić information content (AvgIpc) is 3.02. The van der Waals surface area contributed by atoms with Crippen LogP contribution < -0.4 is 0 Å². The number of hydrogen-bond acceptors (Lipinski definition) is 4. The quantitative estimate of drug-likeness (QED) is 0.679. The van der Waals surface area contributed by atoms with E-state index < -0.39 is 5.97 Å². The molecule has 0 aliphatic heterocycles. The van der Waals surface area contributed by atoms with Gasteiger partial charge in [-0.3, -0.25) is 0 Å². The van der Waals surface area contributed by atoms with Gasteiger partial charge in [-0.1, -0.05) is 6.07 Å². The molecule has 0 fully saturated rings. The van der Waals surface area contributed by atoms with Crippen molar-refractivity contribution in [3.05, 3.63) is 54.0 Å². The molecule has 0 spiro atoms. The second kappa shape index (κ2) is 4.80. The summed E-state index contributed by atoms with van der Waals surface area (Å²) in [7, 11) is 1.36. The molecule has 6 heteroatoms. The highest BCUT2D eigenvalue weighted by atomic mass is 16.5. The molecule has 0 radical (unpaired) electrons. The Kier molecular flexibility index (Phi) is 2.98. The summed E-state index contributed by atoms with van der Waals surface area (Å²) >= 11 is 0. The van der Waals surface area contributed by atoms with E-state index in [1.165, 1.54) is 13.3 Å². The number of carbonyl (C=O) groups is 1. The third-order valence-corrected chi connectivity index (χ3v) is 3.18. The van der Waals surface area contributed by atoms with Crippen LogP contribution in [0.25, 0.3) is 5.65 Å². The molecule has 0 atom stereocenters. The molecule has 0 saturated heterocycles. The van der Waals surface area contributed by atoms with Gasteiger partial charge in [0.05, 0.1) is 25.5 Å². The summed E-state index contributed by atoms with van der Waals surface area (Å²) in [6.07, 6.45) is 5.40. The highest BCUT2D eigenvalue weighted by molar-refractivity contribution is 5.87. The van der Waals surface area contributed by atoms with Gasteiger partial charge in [-0.15, -0.1) is 0 Å². The number of ether oxygens (including phenoxy) is 1. The van der Waals surface area contributed by atoms with Crippen LogP contribution in [0, 0.1) is 6.92 Å². The molecule has 6 nitrogen and oxygen atoms in total. The van der Waals surface area contributed by atoms with E-state index in [0.29, 0.717) is 12.2 Å². The lowest BCUT2D eigenvalue weighted by Crippen LogP contribution is -2.12. The highest BCUT2D eigenvalue weighted by Crippen LogP contribution is 2.11. The lowest BCUT2D eigenvalue weighted by atomic mass is 10.4. The second-order valence-electron chi connectivity index (χ2n) is 4.47. The fourth-order valence-electron chi connectivity index (χ4n) is 2.16. The first-order valence-electron chi connectivity index (χ1n) is 6.22. The maximum absolute atomic E-state index is 11.7. The number of carbonyl (C=O) groups excluding carboxylic acids is 1. The summed E-state index contributed by atoms with van der Waals surface area (Å²) in [5.74, 6) is 0.358. The van der Waals surface area contributed by atoms with Gasteiger partial charge in [-0.05, 0) is 19.1 Å². The summed E-state index contributed by atoms with van der Waals surface area (Å²) in [5, 5.41) is 0. The van der Waals surface area contributed by atoms with E-state index in [1.54, 1.807) is 4.57 Å². The number of nitrogens with zero attached hydrogens (tertiary/aromatic N) is 4. The Labute approximate surface area is 115 Å². The van der Waals surface area contributed by atoms with Crippen LogP contribution in [0.2, 0.25) is 0 Å². The molecule has 3 heterocycles. The Morgan fingerprint density at radius 1 is 1.40 bits per heavy atom. The van der Waals surface area contributed by atoms with Gasteiger partial charge in [0, 0.05) is 12.4 Å². The molecule has 20 heavy (non-hydrogen) atoms. The largest absolute Gasteiger partial charge is 0.464 e. The lowest BCUT2D eigenvalue weighted by Gasteiger charge is -2.06. The molecule has 0 N–H and O–H groups in total. The highest BCUT2D eigenvalue weighted by Gasteiger charge is 2.16. The summed E-state index contributed by atoms with van der Waals surface area (Å²) in [5.41, 5.74) is 2.17. The van der Waals surface area contributed by atoms with E-state index in [0.717, 1.165) is 17.2 Å². The van der Waals surface area contributed by atoms with Crippen LogP contribution in [0.5, 0.6) is 0 Å². The van der Waals surface area contributed by atoms with E-state index in [1.807, 2.05) is 41.9 Å². The third kappa shape index (κ3) is 2.05. The first-order chi connectivity index (χ1) is 9.69. The van der Waals surface area contributed by atoms with Gasteiger partial charge >= 0.3 is 5.97 Å². The number of hydrogen-bond donors (Lipinski definition) is 0. The third-order valence-electron chi connectivity index (χ3n) is 3.18. The van der Waals surface area contributed by atoms with Crippen molar-refractivity contribution in [3.63, 3.8) is 0 Å². The molecule has 0 aromatic carbocycles. The summed E-state index contributed by atoms with van der Waals surface area (Å²) in [6.45, 7) is 2.33. The van der Waals surface area contributed by atoms with E-state index in [4.69, 9.17) is 4.74 Å². The molecule has 3 aromatic heterocycles. The molecule has 0 aliphatic rings. The average molecular weight is 270 g/mol. The summed E-state index contributed by atoms with van der Waals surface area (Å²) in [4.78, 5) is 20.4. The number of imidazole rings is 2. The predicted octanol–water partition coefficient (Wildman–Crippen LogP) is 1.67. The number of aromatic nitrogens is 4. The Hall–Kier alpha value is -2.63. The van der Waals surface area contributed by atoms with E-state index in [9.17, 15) is 4.79 Å². The normalized spacial score (nSPS) is 10.9. The first-order valence-corrected chi connectivity index (χ1v) is 6.22. The topological polar surface area (TPSA) is 61.4 Å². The monoisotopic (exact) mass is 270 g/mol. The van der Waals surface area contributed by atoms with Crippen LogP contribution >= 0.6 is 0 Å². The Balaban J connectivity index is 1.98. The molecule has 3 aromatic rings. The van der Waals surface area contributed by atoms with Gasteiger partial charge in [-0.2, -0.15) is 0 Å². The summed E-state index contributed by atoms with van der Waals surface area (Å²) in [6, 6.07) is 5.82. The number of pyridine rings is 1. The Morgan fingerprint density at radius 2 is 2.25 bits per heavy atom. The number of rotatable bonds is 3. The van der Waals surface area contributed by atoms with E-state index in [2.05, 4.69) is 9.97 Å². The Morgan fingerprint density at radius 3 is 3.00 bits per heavy atom. The van der Waals surface area contributed by atoms with Gasteiger partial charge in [0.2, 0.25) is 0 Å². The molecular weight excluding hydrogens is 256 g/mol. The van der Waals surface area contributed by atoms with Gasteiger partial charge in [-0.25, -0.2) is 14.8 Å². The number of esters is 1. The van der Waals surface area contributed by atoms with Gasteiger partial charge < -0.3 is 13.7 Å². The van der Waals surface area contributed by atoms with Crippen LogP contribution in [0.15, 0.2) is 36.8 Å². The van der Waals surface area contributed by atoms with E-state index in [-0.39, 0.29) is 0 Å². The molecule has 0 amide bonds. The van der Waals surface area contributed by atoms with Crippen molar-refractivity contribution in [2.45, 2.75) is 13.5 Å². The SMILES string of the molecule is COC(=O)c1cnc(C)n1Cc1cn2ccccc2n1. The van der Waals surface area contributed by atoms with Gasteiger partial charge in [0.25, 0.3) is 0 Å². The maximum Gasteiger partial charge on any atom is 0.356 e. The van der Waals surface area contributed by atoms with Crippen molar-refractivity contribution < 1.29 is 9.53 Å². The maximum atomic E-state index is 11.7. The minimum absolute atomic E-state index is 0.394. The molecule has 3 rings (SSSR count). The zero-order valence-electron chi connectivity index (χ0n) is 11.3. The van der Waals surface area contributed by atoms with Crippen molar-refractivity contribution >= 4 is 11.6 Å². The molecule has 0 bridgehead atoms. The fourth-order valence-corrected chi connectivity index (χ4v) is 2.16. The number of methoxy groups -OCH3 is 1. The first kappa shape index (κ1) is 12.4. The minimum atomic E-state index is -0.394. The Bertz CT molecular complexity index is 739. The van der Waals surface area contributed by atoms with E-state index >= 15 is 0 Å². The van der Waals surface area contributed by atoms with Gasteiger partial charge in [0.1, 0.15) is 17.2 Å². The molecule has 102 valence electrons. The molecular formula is C14H14N4O2. The van der Waals surface area contributed by atoms with Crippen LogP contribution in [0.4, 0.5) is 0 Å². The summed E-state index contributed by atoms with van der Waals surface area (Å²) < 4.78 is 8.50. The predicted molar refractivity (Wildman–Crippen MR) is 72.6 cm³/mol. The molecule has 0 aliphatic carbocycles. The fraction of sp³-hybridized carbons (Fsp3) is 0.214. The van der Waals surface area contributed by atoms with Crippen LogP contribution in [-0.4, -0.2) is 32.0 Å². The van der Waals surface area contributed by atoms with Gasteiger partial charge in [0.15, 0.2) is 0 Å². The van der Waals surface area contributed by atoms with Crippen molar-refractivity contribution in [3.8, 4) is 0 Å². The van der Waals surface area contributed by atoms with Crippen LogP contribution in [-0.2, 0) is 11.3 Å². The zero-order valence-corrected chi connectivity index (χ0v) is 11.3. The van der Waals surface area contributed by atoms with Crippen molar-refractivity contribution in [2.75, 3.05) is 7.11 Å². The number of aryl methyl sites for hydroxylation is 1. The smallest absolute Gasteiger partial charge is 0.356 e. The van der Waals surface area contributed by atoms with Crippen molar-refractivity contribution in [1.82, 2.24) is 18.9 Å². The molecule has 0 unspecified atom stereocenters. The lowest BCUT2D eigenvalue weighted by molar-refractivity contribution is 0.0588. The zero-order chi connectivity index (χ0) is 14.1. The minimum Gasteiger partial charge on any atom is -0.464 e. The van der Waals surface area contributed by atoms with Crippen LogP contribution in [0.1, 0.15) is 22.0 Å². The van der Waals surface area contributed by atoms with Crippen molar-refractivity contribution in [2.24, 2.45) is 0 Å². The van der Waals surface area contributed by atoms with Crippen LogP contribution in [0.3, 0.4) is 0 Å². The number of fused-ring (bicyclic) bond motifs is 1.